The molecule has 0 saturated carbocycles. The van der Waals surface area contributed by atoms with Crippen LogP contribution >= 0.6 is 0 Å². The van der Waals surface area contributed by atoms with Crippen molar-refractivity contribution in [2.75, 3.05) is 32.6 Å². The molecule has 9 nitrogen and oxygen atoms in total. The number of nitro benzene ring substituents is 1. The Morgan fingerprint density at radius 3 is 2.48 bits per heavy atom. The van der Waals surface area contributed by atoms with Crippen molar-refractivity contribution in [1.82, 2.24) is 10.0 Å². The molecule has 1 amide bonds. The monoisotopic (exact) mass is 316 g/mol. The molecule has 21 heavy (non-hydrogen) atoms. The minimum Gasteiger partial charge on any atom is -0.360 e. The molecule has 0 atom stereocenters. The van der Waals surface area contributed by atoms with Crippen LogP contribution < -0.4 is 14.9 Å². The van der Waals surface area contributed by atoms with Crippen LogP contribution in [0.3, 0.4) is 0 Å². The summed E-state index contributed by atoms with van der Waals surface area (Å²) in [7, 11) is 0.394. The zero-order valence-electron chi connectivity index (χ0n) is 11.8. The lowest BCUT2D eigenvalue weighted by Gasteiger charge is -2.18. The minimum atomic E-state index is -3.78. The van der Waals surface area contributed by atoms with Gasteiger partial charge in [0.25, 0.3) is 5.69 Å². The summed E-state index contributed by atoms with van der Waals surface area (Å²) in [6, 6.07) is 3.50. The minimum absolute atomic E-state index is 0.0878. The van der Waals surface area contributed by atoms with E-state index in [9.17, 15) is 23.3 Å². The highest BCUT2D eigenvalue weighted by atomic mass is 32.2. The lowest BCUT2D eigenvalue weighted by atomic mass is 10.2. The maximum Gasteiger partial charge on any atom is 0.293 e. The summed E-state index contributed by atoms with van der Waals surface area (Å²) >= 11 is 0. The SMILES string of the molecule is CNC(=O)CN(C)c1ccc(S(=O)(=O)NC)cc1[N+](=O)[O-]. The van der Waals surface area contributed by atoms with Gasteiger partial charge in [0.15, 0.2) is 0 Å². The van der Waals surface area contributed by atoms with E-state index in [0.717, 1.165) is 6.07 Å². The molecule has 2 N–H and O–H groups in total. The molecular formula is C11H16N4O5S. The molecule has 0 heterocycles. The maximum atomic E-state index is 11.7. The van der Waals surface area contributed by atoms with Crippen LogP contribution in [0.1, 0.15) is 0 Å². The van der Waals surface area contributed by atoms with Crippen LogP contribution in [0, 0.1) is 10.1 Å². The van der Waals surface area contributed by atoms with Gasteiger partial charge in [-0.25, -0.2) is 13.1 Å². The second kappa shape index (κ2) is 6.50. The van der Waals surface area contributed by atoms with E-state index >= 15 is 0 Å². The molecule has 0 aliphatic carbocycles. The number of likely N-dealkylation sites (N-methyl/N-ethyl adjacent to an activating group) is 2. The third-order valence-corrected chi connectivity index (χ3v) is 4.21. The molecule has 1 aromatic carbocycles. The highest BCUT2D eigenvalue weighted by Crippen LogP contribution is 2.29. The van der Waals surface area contributed by atoms with E-state index in [0.29, 0.717) is 0 Å². The van der Waals surface area contributed by atoms with Crippen LogP contribution in [0.2, 0.25) is 0 Å². The van der Waals surface area contributed by atoms with E-state index < -0.39 is 20.6 Å². The summed E-state index contributed by atoms with van der Waals surface area (Å²) in [5.74, 6) is -0.321. The highest BCUT2D eigenvalue weighted by Gasteiger charge is 2.23. The van der Waals surface area contributed by atoms with Gasteiger partial charge in [-0.3, -0.25) is 14.9 Å². The van der Waals surface area contributed by atoms with Crippen molar-refractivity contribution < 1.29 is 18.1 Å². The van der Waals surface area contributed by atoms with Gasteiger partial charge in [-0.1, -0.05) is 0 Å². The molecule has 116 valence electrons. The van der Waals surface area contributed by atoms with Crippen LogP contribution in [-0.2, 0) is 14.8 Å². The molecule has 0 spiro atoms. The highest BCUT2D eigenvalue weighted by molar-refractivity contribution is 7.89. The van der Waals surface area contributed by atoms with Crippen LogP contribution in [0.15, 0.2) is 23.1 Å². The number of hydrogen-bond donors (Lipinski definition) is 2. The summed E-state index contributed by atoms with van der Waals surface area (Å²) in [5, 5.41) is 13.5. The van der Waals surface area contributed by atoms with E-state index in [-0.39, 0.29) is 23.0 Å². The van der Waals surface area contributed by atoms with E-state index in [1.54, 1.807) is 0 Å². The number of benzene rings is 1. The zero-order valence-corrected chi connectivity index (χ0v) is 12.6. The molecule has 0 bridgehead atoms. The third kappa shape index (κ3) is 3.89. The smallest absolute Gasteiger partial charge is 0.293 e. The Morgan fingerprint density at radius 1 is 1.38 bits per heavy atom. The zero-order chi connectivity index (χ0) is 16.2. The molecule has 0 unspecified atom stereocenters. The summed E-state index contributed by atoms with van der Waals surface area (Å²) in [6.45, 7) is -0.0878. The molecule has 0 aliphatic heterocycles. The van der Waals surface area contributed by atoms with Crippen LogP contribution in [-0.4, -0.2) is 46.9 Å². The van der Waals surface area contributed by atoms with Gasteiger partial charge in [0.05, 0.1) is 16.4 Å². The van der Waals surface area contributed by atoms with Gasteiger partial charge in [0.1, 0.15) is 5.69 Å². The molecule has 0 fully saturated rings. The Labute approximate surface area is 122 Å². The topological polar surface area (TPSA) is 122 Å². The number of nitrogens with zero attached hydrogens (tertiary/aromatic N) is 2. The second-order valence-corrected chi connectivity index (χ2v) is 6.03. The Bertz CT molecular complexity index is 659. The first-order valence-corrected chi connectivity index (χ1v) is 7.35. The number of hydrogen-bond acceptors (Lipinski definition) is 6. The second-order valence-electron chi connectivity index (χ2n) is 4.14. The number of carbonyl (C=O) groups is 1. The predicted molar refractivity (Wildman–Crippen MR) is 76.7 cm³/mol. The van der Waals surface area contributed by atoms with Crippen molar-refractivity contribution in [2.45, 2.75) is 4.90 Å². The molecule has 0 aliphatic rings. The fraction of sp³-hybridized carbons (Fsp3) is 0.364. The van der Waals surface area contributed by atoms with Gasteiger partial charge in [-0.05, 0) is 19.2 Å². The van der Waals surface area contributed by atoms with Crippen molar-refractivity contribution in [3.63, 3.8) is 0 Å². The van der Waals surface area contributed by atoms with Gasteiger partial charge in [-0.2, -0.15) is 0 Å². The van der Waals surface area contributed by atoms with Gasteiger partial charge < -0.3 is 10.2 Å². The standard InChI is InChI=1S/C11H16N4O5S/c1-12-11(16)7-14(3)9-5-4-8(21(19,20)13-2)6-10(9)15(17)18/h4-6,13H,7H2,1-3H3,(H,12,16). The molecule has 1 rings (SSSR count). The van der Waals surface area contributed by atoms with Crippen LogP contribution in [0.4, 0.5) is 11.4 Å². The molecule has 1 aromatic rings. The number of nitro groups is 1. The van der Waals surface area contributed by atoms with Crippen LogP contribution in [0.25, 0.3) is 0 Å². The average molecular weight is 316 g/mol. The Hall–Kier alpha value is -2.20. The van der Waals surface area contributed by atoms with Gasteiger partial charge in [0, 0.05) is 20.2 Å². The van der Waals surface area contributed by atoms with Crippen molar-refractivity contribution in [3.05, 3.63) is 28.3 Å². The summed E-state index contributed by atoms with van der Waals surface area (Å²) in [6.07, 6.45) is 0. The Morgan fingerprint density at radius 2 is 2.00 bits per heavy atom. The number of anilines is 1. The summed E-state index contributed by atoms with van der Waals surface area (Å²) < 4.78 is 25.4. The Balaban J connectivity index is 3.29. The van der Waals surface area contributed by atoms with Crippen LogP contribution in [0.5, 0.6) is 0 Å². The first-order chi connectivity index (χ1) is 9.72. The summed E-state index contributed by atoms with van der Waals surface area (Å²) in [4.78, 5) is 22.9. The number of rotatable bonds is 6. The predicted octanol–water partition coefficient (Wildman–Crippen LogP) is -0.315. The molecular weight excluding hydrogens is 300 g/mol. The maximum absolute atomic E-state index is 11.7. The van der Waals surface area contributed by atoms with E-state index in [1.165, 1.54) is 38.2 Å². The van der Waals surface area contributed by atoms with Gasteiger partial charge in [-0.15, -0.1) is 0 Å². The number of sulfonamides is 1. The van der Waals surface area contributed by atoms with E-state index in [4.69, 9.17) is 0 Å². The number of nitrogens with one attached hydrogen (secondary N) is 2. The number of amides is 1. The third-order valence-electron chi connectivity index (χ3n) is 2.79. The van der Waals surface area contributed by atoms with E-state index in [1.807, 2.05) is 0 Å². The molecule has 0 radical (unpaired) electrons. The Kier molecular flexibility index (Phi) is 5.22. The van der Waals surface area contributed by atoms with Crippen molar-refractivity contribution in [1.29, 1.82) is 0 Å². The normalized spacial score (nSPS) is 11.0. The first-order valence-electron chi connectivity index (χ1n) is 5.86. The molecule has 10 heteroatoms. The summed E-state index contributed by atoms with van der Waals surface area (Å²) in [5.41, 5.74) is -0.239. The lowest BCUT2D eigenvalue weighted by Crippen LogP contribution is -2.33. The molecule has 0 aromatic heterocycles. The first kappa shape index (κ1) is 16.9. The van der Waals surface area contributed by atoms with Crippen molar-refractivity contribution in [2.24, 2.45) is 0 Å². The largest absolute Gasteiger partial charge is 0.360 e. The van der Waals surface area contributed by atoms with Crippen molar-refractivity contribution >= 4 is 27.3 Å². The average Bonchev–Trinajstić information content (AvgIpc) is 2.46. The molecule has 0 saturated heterocycles. The lowest BCUT2D eigenvalue weighted by molar-refractivity contribution is -0.384. The van der Waals surface area contributed by atoms with E-state index in [2.05, 4.69) is 10.0 Å². The number of carbonyl (C=O) groups excluding carboxylic acids is 1. The van der Waals surface area contributed by atoms with Crippen molar-refractivity contribution in [3.8, 4) is 0 Å². The quantitative estimate of drug-likeness (QED) is 0.548. The van der Waals surface area contributed by atoms with Gasteiger partial charge >= 0.3 is 0 Å². The fourth-order valence-electron chi connectivity index (χ4n) is 1.64. The van der Waals surface area contributed by atoms with Gasteiger partial charge in [0.2, 0.25) is 15.9 Å². The fourth-order valence-corrected chi connectivity index (χ4v) is 2.39.